The number of benzene rings is 1. The molecule has 1 N–H and O–H groups in total. The summed E-state index contributed by atoms with van der Waals surface area (Å²) >= 11 is 0. The molecule has 3 heterocycles. The summed E-state index contributed by atoms with van der Waals surface area (Å²) in [6.07, 6.45) is 4.72. The van der Waals surface area contributed by atoms with Crippen molar-refractivity contribution in [3.8, 4) is 5.69 Å². The second kappa shape index (κ2) is 7.95. The van der Waals surface area contributed by atoms with Gasteiger partial charge < -0.3 is 14.6 Å². The summed E-state index contributed by atoms with van der Waals surface area (Å²) in [6, 6.07) is 11.3. The van der Waals surface area contributed by atoms with E-state index in [1.165, 1.54) is 6.26 Å². The van der Waals surface area contributed by atoms with Gasteiger partial charge >= 0.3 is 0 Å². The Labute approximate surface area is 169 Å². The van der Waals surface area contributed by atoms with Gasteiger partial charge in [-0.2, -0.15) is 5.10 Å². The topological polar surface area (TPSA) is 80.4 Å². The Morgan fingerprint density at radius 1 is 1.07 bits per heavy atom. The first-order valence-corrected chi connectivity index (χ1v) is 9.78. The van der Waals surface area contributed by atoms with Crippen LogP contribution < -0.4 is 5.32 Å². The van der Waals surface area contributed by atoms with Gasteiger partial charge in [0.25, 0.3) is 11.8 Å². The van der Waals surface area contributed by atoms with E-state index < -0.39 is 0 Å². The first kappa shape index (κ1) is 19.0. The summed E-state index contributed by atoms with van der Waals surface area (Å²) in [7, 11) is 0. The van der Waals surface area contributed by atoms with E-state index in [1.807, 2.05) is 53.8 Å². The highest BCUT2D eigenvalue weighted by molar-refractivity contribution is 5.95. The molecule has 1 aromatic carbocycles. The quantitative estimate of drug-likeness (QED) is 0.740. The Morgan fingerprint density at radius 2 is 1.79 bits per heavy atom. The molecule has 1 fully saturated rings. The molecular formula is C22H24N4O3. The lowest BCUT2D eigenvalue weighted by Crippen LogP contribution is -2.46. The summed E-state index contributed by atoms with van der Waals surface area (Å²) in [4.78, 5) is 27.0. The number of hydrogen-bond acceptors (Lipinski definition) is 4. The van der Waals surface area contributed by atoms with E-state index in [9.17, 15) is 9.59 Å². The number of amides is 2. The zero-order valence-electron chi connectivity index (χ0n) is 16.6. The molecule has 0 saturated carbocycles. The third-order valence-electron chi connectivity index (χ3n) is 5.38. The SMILES string of the molecule is Cc1ccoc1C(=O)NC1CCN(C(=O)c2ccc(-n3nccc3C)cc2)CC1. The molecular weight excluding hydrogens is 368 g/mol. The highest BCUT2D eigenvalue weighted by atomic mass is 16.3. The third kappa shape index (κ3) is 3.94. The third-order valence-corrected chi connectivity index (χ3v) is 5.38. The van der Waals surface area contributed by atoms with Crippen molar-refractivity contribution in [2.75, 3.05) is 13.1 Å². The molecule has 2 aromatic heterocycles. The summed E-state index contributed by atoms with van der Waals surface area (Å²) in [5.41, 5.74) is 3.45. The largest absolute Gasteiger partial charge is 0.459 e. The van der Waals surface area contributed by atoms with Crippen molar-refractivity contribution in [3.63, 3.8) is 0 Å². The van der Waals surface area contributed by atoms with Crippen LogP contribution in [0.25, 0.3) is 5.69 Å². The van der Waals surface area contributed by atoms with Crippen LogP contribution in [-0.4, -0.2) is 45.6 Å². The fourth-order valence-electron chi connectivity index (χ4n) is 3.65. The van der Waals surface area contributed by atoms with Gasteiger partial charge in [-0.3, -0.25) is 9.59 Å². The second-order valence-corrected chi connectivity index (χ2v) is 7.40. The van der Waals surface area contributed by atoms with Crippen LogP contribution in [0.2, 0.25) is 0 Å². The van der Waals surface area contributed by atoms with Gasteiger partial charge in [0.05, 0.1) is 12.0 Å². The van der Waals surface area contributed by atoms with Crippen molar-refractivity contribution in [2.24, 2.45) is 0 Å². The number of hydrogen-bond donors (Lipinski definition) is 1. The number of aromatic nitrogens is 2. The smallest absolute Gasteiger partial charge is 0.287 e. The molecule has 0 radical (unpaired) electrons. The Hall–Kier alpha value is -3.35. The number of aryl methyl sites for hydroxylation is 2. The van der Waals surface area contributed by atoms with Gasteiger partial charge in [-0.25, -0.2) is 4.68 Å². The number of nitrogens with zero attached hydrogens (tertiary/aromatic N) is 3. The Bertz CT molecular complexity index is 1010. The Morgan fingerprint density at radius 3 is 2.38 bits per heavy atom. The Kier molecular flexibility index (Phi) is 5.20. The summed E-state index contributed by atoms with van der Waals surface area (Å²) in [5.74, 6) is 0.179. The van der Waals surface area contributed by atoms with Crippen molar-refractivity contribution >= 4 is 11.8 Å². The maximum absolute atomic E-state index is 12.8. The van der Waals surface area contributed by atoms with E-state index >= 15 is 0 Å². The van der Waals surface area contributed by atoms with Crippen molar-refractivity contribution in [3.05, 3.63) is 71.4 Å². The van der Waals surface area contributed by atoms with Gasteiger partial charge in [0.1, 0.15) is 0 Å². The number of likely N-dealkylation sites (tertiary alicyclic amines) is 1. The van der Waals surface area contributed by atoms with Crippen LogP contribution in [0.3, 0.4) is 0 Å². The molecule has 3 aromatic rings. The van der Waals surface area contributed by atoms with Gasteiger partial charge in [-0.1, -0.05) is 0 Å². The zero-order valence-corrected chi connectivity index (χ0v) is 16.6. The van der Waals surface area contributed by atoms with E-state index in [-0.39, 0.29) is 17.9 Å². The highest BCUT2D eigenvalue weighted by Gasteiger charge is 2.26. The first-order chi connectivity index (χ1) is 14.0. The second-order valence-electron chi connectivity index (χ2n) is 7.40. The minimum absolute atomic E-state index is 0.0143. The van der Waals surface area contributed by atoms with Gasteiger partial charge in [-0.15, -0.1) is 0 Å². The molecule has 1 aliphatic heterocycles. The number of furan rings is 1. The standard InChI is InChI=1S/C22H24N4O3/c1-15-10-14-29-20(15)21(27)24-18-8-12-25(13-9-18)22(28)17-3-5-19(6-4-17)26-16(2)7-11-23-26/h3-7,10-11,14,18H,8-9,12-13H2,1-2H3,(H,24,27). The van der Waals surface area contributed by atoms with Gasteiger partial charge in [0.15, 0.2) is 5.76 Å². The van der Waals surface area contributed by atoms with Gasteiger partial charge in [0, 0.05) is 42.1 Å². The van der Waals surface area contributed by atoms with Gasteiger partial charge in [-0.05, 0) is 63.1 Å². The average Bonchev–Trinajstić information content (AvgIpc) is 3.36. The van der Waals surface area contributed by atoms with Crippen LogP contribution in [0.1, 0.15) is 45.0 Å². The molecule has 7 heteroatoms. The summed E-state index contributed by atoms with van der Waals surface area (Å²) in [6.45, 7) is 5.06. The highest BCUT2D eigenvalue weighted by Crippen LogP contribution is 2.17. The van der Waals surface area contributed by atoms with Crippen LogP contribution in [0.5, 0.6) is 0 Å². The predicted octanol–water partition coefficient (Wildman–Crippen LogP) is 3.12. The van der Waals surface area contributed by atoms with Crippen molar-refractivity contribution in [2.45, 2.75) is 32.7 Å². The predicted molar refractivity (Wildman–Crippen MR) is 108 cm³/mol. The molecule has 2 amide bonds. The molecule has 1 aliphatic rings. The van der Waals surface area contributed by atoms with Crippen molar-refractivity contribution in [1.29, 1.82) is 0 Å². The molecule has 0 atom stereocenters. The molecule has 0 bridgehead atoms. The number of carbonyl (C=O) groups is 2. The van der Waals surface area contributed by atoms with Crippen LogP contribution in [0.4, 0.5) is 0 Å². The Balaban J connectivity index is 1.34. The van der Waals surface area contributed by atoms with E-state index in [4.69, 9.17) is 4.42 Å². The minimum Gasteiger partial charge on any atom is -0.459 e. The maximum Gasteiger partial charge on any atom is 0.287 e. The molecule has 0 unspecified atom stereocenters. The average molecular weight is 392 g/mol. The molecule has 150 valence electrons. The lowest BCUT2D eigenvalue weighted by atomic mass is 10.0. The minimum atomic E-state index is -0.193. The molecule has 4 rings (SSSR count). The van der Waals surface area contributed by atoms with Crippen molar-refractivity contribution < 1.29 is 14.0 Å². The lowest BCUT2D eigenvalue weighted by Gasteiger charge is -2.32. The van der Waals surface area contributed by atoms with Crippen LogP contribution in [-0.2, 0) is 0 Å². The summed E-state index contributed by atoms with van der Waals surface area (Å²) < 4.78 is 7.08. The fourth-order valence-corrected chi connectivity index (χ4v) is 3.65. The number of carbonyl (C=O) groups excluding carboxylic acids is 2. The number of nitrogens with one attached hydrogen (secondary N) is 1. The van der Waals surface area contributed by atoms with E-state index in [2.05, 4.69) is 10.4 Å². The van der Waals surface area contributed by atoms with Crippen LogP contribution in [0, 0.1) is 13.8 Å². The molecule has 0 spiro atoms. The fraction of sp³-hybridized carbons (Fsp3) is 0.318. The molecule has 7 nitrogen and oxygen atoms in total. The zero-order chi connectivity index (χ0) is 20.4. The van der Waals surface area contributed by atoms with Crippen LogP contribution >= 0.6 is 0 Å². The van der Waals surface area contributed by atoms with Gasteiger partial charge in [0.2, 0.25) is 0 Å². The van der Waals surface area contributed by atoms with Crippen molar-refractivity contribution in [1.82, 2.24) is 20.0 Å². The monoisotopic (exact) mass is 392 g/mol. The number of piperidine rings is 1. The maximum atomic E-state index is 12.8. The number of rotatable bonds is 4. The first-order valence-electron chi connectivity index (χ1n) is 9.78. The van der Waals surface area contributed by atoms with E-state index in [0.717, 1.165) is 29.8 Å². The molecule has 1 saturated heterocycles. The normalized spacial score (nSPS) is 14.8. The lowest BCUT2D eigenvalue weighted by molar-refractivity contribution is 0.0695. The van der Waals surface area contributed by atoms with E-state index in [0.29, 0.717) is 24.4 Å². The van der Waals surface area contributed by atoms with E-state index in [1.54, 1.807) is 12.3 Å². The summed E-state index contributed by atoms with van der Waals surface area (Å²) in [5, 5.41) is 7.30. The molecule has 29 heavy (non-hydrogen) atoms. The van der Waals surface area contributed by atoms with Crippen LogP contribution in [0.15, 0.2) is 53.3 Å². The molecule has 0 aliphatic carbocycles.